The topological polar surface area (TPSA) is 174 Å². The minimum Gasteiger partial charge on any atom is -0.387 e. The van der Waals surface area contributed by atoms with E-state index in [1.165, 1.54) is 17.2 Å². The van der Waals surface area contributed by atoms with Gasteiger partial charge in [-0.25, -0.2) is 15.0 Å². The number of ether oxygens (including phenoxy) is 1. The number of hydrogen-bond donors (Lipinski definition) is 4. The molecule has 4 atom stereocenters. The van der Waals surface area contributed by atoms with Gasteiger partial charge >= 0.3 is 0 Å². The highest BCUT2D eigenvalue weighted by molar-refractivity contribution is 7.85. The van der Waals surface area contributed by atoms with Crippen LogP contribution in [0.5, 0.6) is 0 Å². The summed E-state index contributed by atoms with van der Waals surface area (Å²) in [6.07, 6.45) is -2.85. The van der Waals surface area contributed by atoms with Crippen molar-refractivity contribution in [1.82, 2.24) is 19.5 Å². The van der Waals surface area contributed by atoms with Gasteiger partial charge in [-0.1, -0.05) is 0 Å². The first-order valence-electron chi connectivity index (χ1n) is 6.17. The number of imidazole rings is 1. The van der Waals surface area contributed by atoms with Crippen molar-refractivity contribution in [2.45, 2.75) is 24.5 Å². The van der Waals surface area contributed by atoms with Gasteiger partial charge in [0.05, 0.1) is 6.33 Å². The van der Waals surface area contributed by atoms with Crippen molar-refractivity contribution in [3.63, 3.8) is 0 Å². The van der Waals surface area contributed by atoms with Crippen molar-refractivity contribution in [2.75, 3.05) is 11.5 Å². The number of anilines is 1. The molecule has 2 aromatic rings. The monoisotopic (exact) mass is 331 g/mol. The minimum atomic E-state index is -4.37. The SMILES string of the molecule is Nc1ncnc2c1ncn2C1O[C@H](CS(=O)(=O)O)[C@@H](O)[C@H]1O. The zero-order chi connectivity index (χ0) is 16.1. The quantitative estimate of drug-likeness (QED) is 0.457. The number of aliphatic hydroxyl groups excluding tert-OH is 2. The van der Waals surface area contributed by atoms with Gasteiger partial charge < -0.3 is 20.7 Å². The van der Waals surface area contributed by atoms with Gasteiger partial charge in [-0.3, -0.25) is 9.12 Å². The molecule has 1 saturated heterocycles. The maximum Gasteiger partial charge on any atom is 0.267 e. The summed E-state index contributed by atoms with van der Waals surface area (Å²) < 4.78 is 37.3. The lowest BCUT2D eigenvalue weighted by Gasteiger charge is -2.16. The Hall–Kier alpha value is -1.86. The van der Waals surface area contributed by atoms with E-state index >= 15 is 0 Å². The molecular formula is C10H13N5O6S. The van der Waals surface area contributed by atoms with E-state index in [4.69, 9.17) is 15.0 Å². The first-order chi connectivity index (χ1) is 10.3. The zero-order valence-corrected chi connectivity index (χ0v) is 11.8. The molecule has 1 unspecified atom stereocenters. The zero-order valence-electron chi connectivity index (χ0n) is 11.0. The summed E-state index contributed by atoms with van der Waals surface area (Å²) in [5.74, 6) is -0.711. The number of nitrogens with zero attached hydrogens (tertiary/aromatic N) is 4. The second-order valence-electron chi connectivity index (χ2n) is 4.88. The minimum absolute atomic E-state index is 0.131. The van der Waals surface area contributed by atoms with Gasteiger partial charge in [-0.2, -0.15) is 8.42 Å². The van der Waals surface area contributed by atoms with Gasteiger partial charge in [0.15, 0.2) is 17.7 Å². The summed E-state index contributed by atoms with van der Waals surface area (Å²) in [7, 11) is -4.37. The molecule has 0 saturated carbocycles. The largest absolute Gasteiger partial charge is 0.387 e. The standard InChI is InChI=1S/C10H13N5O6S/c11-8-5-9(13-2-12-8)15(3-14-5)10-7(17)6(16)4(21-10)1-22(18,19)20/h2-4,6-7,10,16-17H,1H2,(H2,11,12,13)(H,18,19,20)/t4-,6-,7-,10?/m1/s1. The maximum atomic E-state index is 10.9. The number of aromatic nitrogens is 4. The molecule has 0 radical (unpaired) electrons. The second-order valence-corrected chi connectivity index (χ2v) is 6.37. The van der Waals surface area contributed by atoms with Crippen molar-refractivity contribution in [2.24, 2.45) is 0 Å². The third kappa shape index (κ3) is 2.50. The molecule has 12 heteroatoms. The average molecular weight is 331 g/mol. The van der Waals surface area contributed by atoms with Crippen molar-refractivity contribution in [3.05, 3.63) is 12.7 Å². The van der Waals surface area contributed by atoms with Crippen LogP contribution in [-0.2, 0) is 14.9 Å². The van der Waals surface area contributed by atoms with Crippen LogP contribution in [0.2, 0.25) is 0 Å². The van der Waals surface area contributed by atoms with E-state index in [-0.39, 0.29) is 17.0 Å². The lowest BCUT2D eigenvalue weighted by atomic mass is 10.1. The smallest absolute Gasteiger partial charge is 0.267 e. The number of nitrogen functional groups attached to an aromatic ring is 1. The van der Waals surface area contributed by atoms with Gasteiger partial charge in [-0.15, -0.1) is 0 Å². The molecule has 2 aromatic heterocycles. The van der Waals surface area contributed by atoms with Crippen molar-refractivity contribution in [3.8, 4) is 0 Å². The van der Waals surface area contributed by atoms with Crippen LogP contribution in [0.25, 0.3) is 11.2 Å². The second kappa shape index (κ2) is 5.10. The van der Waals surface area contributed by atoms with Crippen LogP contribution in [0.1, 0.15) is 6.23 Å². The Kier molecular flexibility index (Phi) is 3.49. The van der Waals surface area contributed by atoms with Crippen LogP contribution in [0.3, 0.4) is 0 Å². The van der Waals surface area contributed by atoms with E-state index in [1.807, 2.05) is 0 Å². The van der Waals surface area contributed by atoms with Crippen LogP contribution in [0.15, 0.2) is 12.7 Å². The van der Waals surface area contributed by atoms with Crippen LogP contribution in [-0.4, -0.2) is 66.8 Å². The number of nitrogens with two attached hydrogens (primary N) is 1. The molecular weight excluding hydrogens is 318 g/mol. The van der Waals surface area contributed by atoms with Gasteiger partial charge in [0.25, 0.3) is 10.1 Å². The van der Waals surface area contributed by atoms with Crippen LogP contribution < -0.4 is 5.73 Å². The Morgan fingerprint density at radius 3 is 2.68 bits per heavy atom. The third-order valence-corrected chi connectivity index (χ3v) is 4.12. The molecule has 1 aliphatic heterocycles. The van der Waals surface area contributed by atoms with Gasteiger partial charge in [-0.05, 0) is 0 Å². The number of fused-ring (bicyclic) bond motifs is 1. The summed E-state index contributed by atoms with van der Waals surface area (Å²) in [5, 5.41) is 19.9. The lowest BCUT2D eigenvalue weighted by Crippen LogP contribution is -2.35. The van der Waals surface area contributed by atoms with Crippen molar-refractivity contribution in [1.29, 1.82) is 0 Å². The van der Waals surface area contributed by atoms with E-state index in [2.05, 4.69) is 15.0 Å². The van der Waals surface area contributed by atoms with Crippen LogP contribution in [0, 0.1) is 0 Å². The van der Waals surface area contributed by atoms with E-state index in [1.54, 1.807) is 0 Å². The summed E-state index contributed by atoms with van der Waals surface area (Å²) >= 11 is 0. The molecule has 0 bridgehead atoms. The third-order valence-electron chi connectivity index (χ3n) is 3.37. The summed E-state index contributed by atoms with van der Waals surface area (Å²) in [5.41, 5.74) is 6.19. The Labute approximate surface area is 124 Å². The van der Waals surface area contributed by atoms with Crippen LogP contribution in [0.4, 0.5) is 5.82 Å². The average Bonchev–Trinajstić information content (AvgIpc) is 2.95. The summed E-state index contributed by atoms with van der Waals surface area (Å²) in [6.45, 7) is 0. The fourth-order valence-electron chi connectivity index (χ4n) is 2.36. The van der Waals surface area contributed by atoms with Crippen molar-refractivity contribution >= 4 is 27.1 Å². The number of hydrogen-bond acceptors (Lipinski definition) is 9. The van der Waals surface area contributed by atoms with E-state index in [0.717, 1.165) is 0 Å². The fourth-order valence-corrected chi connectivity index (χ4v) is 3.05. The highest BCUT2D eigenvalue weighted by Gasteiger charge is 2.45. The summed E-state index contributed by atoms with van der Waals surface area (Å²) in [4.78, 5) is 11.7. The predicted molar refractivity (Wildman–Crippen MR) is 72.1 cm³/mol. The molecule has 5 N–H and O–H groups in total. The molecule has 11 nitrogen and oxygen atoms in total. The summed E-state index contributed by atoms with van der Waals surface area (Å²) in [6, 6.07) is 0. The Balaban J connectivity index is 1.96. The normalized spacial score (nSPS) is 29.2. The molecule has 22 heavy (non-hydrogen) atoms. The van der Waals surface area contributed by atoms with E-state index in [9.17, 15) is 18.6 Å². The van der Waals surface area contributed by atoms with Crippen LogP contribution >= 0.6 is 0 Å². The van der Waals surface area contributed by atoms with Crippen molar-refractivity contribution < 1.29 is 27.9 Å². The number of aliphatic hydroxyl groups is 2. The molecule has 1 fully saturated rings. The highest BCUT2D eigenvalue weighted by Crippen LogP contribution is 2.32. The highest BCUT2D eigenvalue weighted by atomic mass is 32.2. The van der Waals surface area contributed by atoms with Gasteiger partial charge in [0.2, 0.25) is 0 Å². The molecule has 0 amide bonds. The van der Waals surface area contributed by atoms with E-state index < -0.39 is 40.4 Å². The Bertz CT molecular complexity index is 807. The van der Waals surface area contributed by atoms with Gasteiger partial charge in [0, 0.05) is 0 Å². The maximum absolute atomic E-state index is 10.9. The molecule has 120 valence electrons. The molecule has 3 rings (SSSR count). The molecule has 0 aliphatic carbocycles. The molecule has 0 aromatic carbocycles. The number of rotatable bonds is 3. The lowest BCUT2D eigenvalue weighted by molar-refractivity contribution is -0.0294. The van der Waals surface area contributed by atoms with Gasteiger partial charge in [0.1, 0.15) is 35.9 Å². The fraction of sp³-hybridized carbons (Fsp3) is 0.500. The Morgan fingerprint density at radius 1 is 1.27 bits per heavy atom. The Morgan fingerprint density at radius 2 is 2.00 bits per heavy atom. The van der Waals surface area contributed by atoms with E-state index in [0.29, 0.717) is 0 Å². The molecule has 3 heterocycles. The molecule has 1 aliphatic rings. The first-order valence-corrected chi connectivity index (χ1v) is 7.78. The first kappa shape index (κ1) is 15.1. The predicted octanol–water partition coefficient (Wildman–Crippen LogP) is -2.08. The molecule has 0 spiro atoms.